The van der Waals surface area contributed by atoms with E-state index in [9.17, 15) is 14.2 Å². The number of esters is 1. The number of amides is 1. The van der Waals surface area contributed by atoms with Crippen LogP contribution in [-0.4, -0.2) is 19.0 Å². The van der Waals surface area contributed by atoms with E-state index < -0.39 is 17.5 Å². The van der Waals surface area contributed by atoms with Crippen molar-refractivity contribution < 1.29 is 18.9 Å². The fourth-order valence-electron chi connectivity index (χ4n) is 3.56. The molecule has 0 aliphatic carbocycles. The lowest BCUT2D eigenvalue weighted by Crippen LogP contribution is -2.20. The second kappa shape index (κ2) is 10.7. The molecule has 0 spiro atoms. The Bertz CT molecular complexity index is 1280. The fraction of sp³-hybridized carbons (Fsp3) is 0.154. The van der Waals surface area contributed by atoms with Crippen LogP contribution >= 0.6 is 8.46 Å². The predicted octanol–water partition coefficient (Wildman–Crippen LogP) is 6.78. The number of hydrogen-bond acceptors (Lipinski definition) is 4. The van der Waals surface area contributed by atoms with Gasteiger partial charge in [0, 0.05) is 0 Å². The van der Waals surface area contributed by atoms with Gasteiger partial charge in [0.15, 0.2) is 8.46 Å². The Balaban J connectivity index is 0.00000141. The van der Waals surface area contributed by atoms with Gasteiger partial charge >= 0.3 is 5.97 Å². The minimum Gasteiger partial charge on any atom is -0.465 e. The molecule has 4 rings (SSSR count). The van der Waals surface area contributed by atoms with E-state index in [0.29, 0.717) is 11.3 Å². The summed E-state index contributed by atoms with van der Waals surface area (Å²) in [5, 5.41) is 6.31. The lowest BCUT2D eigenvalue weighted by molar-refractivity contribution is -0.115. The van der Waals surface area contributed by atoms with Gasteiger partial charge in [-0.05, 0) is 39.2 Å². The Hall–Kier alpha value is -3.56. The quantitative estimate of drug-likeness (QED) is 0.272. The summed E-state index contributed by atoms with van der Waals surface area (Å²) in [5.74, 6) is -1.03. The highest BCUT2D eigenvalue weighted by molar-refractivity contribution is 7.26. The Morgan fingerprint density at radius 1 is 0.844 bits per heavy atom. The predicted molar refractivity (Wildman–Crippen MR) is 130 cm³/mol. The maximum absolute atomic E-state index is 13.1. The van der Waals surface area contributed by atoms with Crippen LogP contribution in [0, 0.1) is 0 Å². The molecule has 5 nitrogen and oxygen atoms in total. The number of fused-ring (bicyclic) bond motifs is 2. The number of nitrogens with one attached hydrogen (secondary N) is 1. The van der Waals surface area contributed by atoms with Crippen LogP contribution in [0.5, 0.6) is 0 Å². The molecule has 1 unspecified atom stereocenters. The smallest absolute Gasteiger partial charge is 0.339 e. The van der Waals surface area contributed by atoms with Crippen molar-refractivity contribution in [2.75, 3.05) is 12.4 Å². The molecule has 1 atom stereocenters. The monoisotopic (exact) mass is 445 g/mol. The molecule has 0 saturated heterocycles. The van der Waals surface area contributed by atoms with Gasteiger partial charge in [-0.25, -0.2) is 4.79 Å². The van der Waals surface area contributed by atoms with Crippen molar-refractivity contribution in [1.82, 2.24) is 0 Å². The minimum absolute atomic E-state index is 0.240. The standard InChI is InChI=1S/C24H18NO4P.C2H6/c1-29-24(27)20-13-16-8-2-3-9-17(16)14-21(20)25-23(26)22(30-28)19-12-6-10-15-7-4-5-11-18(15)19;1-2/h2-14,22H,1H3,(H,25,26);1-2H3. The summed E-state index contributed by atoms with van der Waals surface area (Å²) in [6.07, 6.45) is 0. The van der Waals surface area contributed by atoms with E-state index in [2.05, 4.69) is 5.32 Å². The summed E-state index contributed by atoms with van der Waals surface area (Å²) in [6.45, 7) is 4.00. The Morgan fingerprint density at radius 3 is 2.09 bits per heavy atom. The van der Waals surface area contributed by atoms with Crippen molar-refractivity contribution in [3.05, 3.63) is 90.0 Å². The van der Waals surface area contributed by atoms with Crippen LogP contribution in [0.2, 0.25) is 0 Å². The maximum atomic E-state index is 13.1. The molecular weight excluding hydrogens is 421 g/mol. The molecule has 1 N–H and O–H groups in total. The van der Waals surface area contributed by atoms with E-state index in [1.165, 1.54) is 7.11 Å². The number of benzene rings is 4. The van der Waals surface area contributed by atoms with Crippen molar-refractivity contribution in [2.24, 2.45) is 0 Å². The average Bonchev–Trinajstić information content (AvgIpc) is 2.85. The first-order valence-electron chi connectivity index (χ1n) is 10.3. The Morgan fingerprint density at radius 2 is 1.44 bits per heavy atom. The van der Waals surface area contributed by atoms with Crippen molar-refractivity contribution in [3.63, 3.8) is 0 Å². The third-order valence-electron chi connectivity index (χ3n) is 5.02. The number of rotatable bonds is 5. The highest BCUT2D eigenvalue weighted by Gasteiger charge is 2.25. The van der Waals surface area contributed by atoms with Gasteiger partial charge in [0.25, 0.3) is 0 Å². The zero-order valence-corrected chi connectivity index (χ0v) is 19.1. The van der Waals surface area contributed by atoms with Gasteiger partial charge in [-0.2, -0.15) is 0 Å². The molecule has 0 aliphatic heterocycles. The number of anilines is 1. The lowest BCUT2D eigenvalue weighted by Gasteiger charge is -2.16. The molecule has 0 bridgehead atoms. The summed E-state index contributed by atoms with van der Waals surface area (Å²) >= 11 is 0. The molecule has 0 aliphatic rings. The Kier molecular flexibility index (Phi) is 7.69. The molecule has 0 saturated carbocycles. The molecule has 0 heterocycles. The average molecular weight is 445 g/mol. The van der Waals surface area contributed by atoms with Crippen LogP contribution in [0.4, 0.5) is 5.69 Å². The summed E-state index contributed by atoms with van der Waals surface area (Å²) in [5.41, 5.74) is 0.291. The van der Waals surface area contributed by atoms with Crippen LogP contribution in [0.3, 0.4) is 0 Å². The number of carbonyl (C=O) groups excluding carboxylic acids is 2. The molecule has 0 fully saturated rings. The SMILES string of the molecule is CC.COC(=O)c1cc2ccccc2cc1NC(=O)C(P=O)c1cccc2ccccc12. The van der Waals surface area contributed by atoms with E-state index in [0.717, 1.165) is 21.5 Å². The normalized spacial score (nSPS) is 11.5. The second-order valence-electron chi connectivity index (χ2n) is 6.80. The van der Waals surface area contributed by atoms with Crippen LogP contribution in [-0.2, 0) is 14.1 Å². The number of ether oxygens (including phenoxy) is 1. The highest BCUT2D eigenvalue weighted by Crippen LogP contribution is 2.34. The summed E-state index contributed by atoms with van der Waals surface area (Å²) in [6, 6.07) is 24.1. The van der Waals surface area contributed by atoms with Gasteiger partial charge in [-0.15, -0.1) is 0 Å². The van der Waals surface area contributed by atoms with E-state index in [1.54, 1.807) is 18.2 Å². The van der Waals surface area contributed by atoms with Crippen molar-refractivity contribution in [1.29, 1.82) is 0 Å². The van der Waals surface area contributed by atoms with Gasteiger partial charge < -0.3 is 10.1 Å². The number of hydrogen-bond donors (Lipinski definition) is 1. The molecular formula is C26H24NO4P. The van der Waals surface area contributed by atoms with Gasteiger partial charge in [-0.3, -0.25) is 9.36 Å². The summed E-state index contributed by atoms with van der Waals surface area (Å²) in [4.78, 5) is 25.4. The third-order valence-corrected chi connectivity index (χ3v) is 5.74. The van der Waals surface area contributed by atoms with Crippen molar-refractivity contribution in [2.45, 2.75) is 19.5 Å². The van der Waals surface area contributed by atoms with Crippen LogP contribution in [0.15, 0.2) is 78.9 Å². The first kappa shape index (κ1) is 23.1. The summed E-state index contributed by atoms with van der Waals surface area (Å²) in [7, 11) is 0.953. The molecule has 32 heavy (non-hydrogen) atoms. The van der Waals surface area contributed by atoms with Gasteiger partial charge in [0.05, 0.1) is 18.4 Å². The van der Waals surface area contributed by atoms with E-state index in [4.69, 9.17) is 4.74 Å². The molecule has 4 aromatic carbocycles. The zero-order valence-electron chi connectivity index (χ0n) is 18.2. The second-order valence-corrected chi connectivity index (χ2v) is 7.53. The highest BCUT2D eigenvalue weighted by atomic mass is 31.1. The van der Waals surface area contributed by atoms with Crippen molar-refractivity contribution in [3.8, 4) is 0 Å². The minimum atomic E-state index is -0.923. The summed E-state index contributed by atoms with van der Waals surface area (Å²) < 4.78 is 16.9. The fourth-order valence-corrected chi connectivity index (χ4v) is 4.06. The lowest BCUT2D eigenvalue weighted by atomic mass is 10.0. The van der Waals surface area contributed by atoms with E-state index in [1.807, 2.05) is 74.5 Å². The maximum Gasteiger partial charge on any atom is 0.339 e. The van der Waals surface area contributed by atoms with Gasteiger partial charge in [0.2, 0.25) is 5.91 Å². The molecule has 0 aromatic heterocycles. The largest absolute Gasteiger partial charge is 0.465 e. The van der Waals surface area contributed by atoms with Crippen molar-refractivity contribution >= 4 is 47.6 Å². The number of methoxy groups -OCH3 is 1. The first-order chi connectivity index (χ1) is 15.6. The molecule has 0 radical (unpaired) electrons. The molecule has 4 aromatic rings. The van der Waals surface area contributed by atoms with Crippen LogP contribution < -0.4 is 5.32 Å². The Labute approximate surface area is 188 Å². The van der Waals surface area contributed by atoms with Gasteiger partial charge in [-0.1, -0.05) is 80.6 Å². The molecule has 1 amide bonds. The van der Waals surface area contributed by atoms with Gasteiger partial charge in [0.1, 0.15) is 5.66 Å². The van der Waals surface area contributed by atoms with Crippen LogP contribution in [0.25, 0.3) is 21.5 Å². The molecule has 6 heteroatoms. The van der Waals surface area contributed by atoms with Crippen LogP contribution in [0.1, 0.15) is 35.4 Å². The van der Waals surface area contributed by atoms with E-state index >= 15 is 0 Å². The topological polar surface area (TPSA) is 72.5 Å². The zero-order chi connectivity index (χ0) is 23.1. The molecule has 162 valence electrons. The number of carbonyl (C=O) groups is 2. The van der Waals surface area contributed by atoms with E-state index in [-0.39, 0.29) is 14.0 Å². The first-order valence-corrected chi connectivity index (χ1v) is 11.2. The third kappa shape index (κ3) is 4.68.